The van der Waals surface area contributed by atoms with Crippen molar-refractivity contribution in [2.45, 2.75) is 32.4 Å². The SMILES string of the molecule is COCC(=O)N1CC(Cc2ccccc2)NCC1C(C)C. The lowest BCUT2D eigenvalue weighted by Gasteiger charge is -2.42. The Labute approximate surface area is 127 Å². The molecular formula is C17H26N2O2. The van der Waals surface area contributed by atoms with Crippen molar-refractivity contribution in [2.24, 2.45) is 5.92 Å². The van der Waals surface area contributed by atoms with E-state index in [-0.39, 0.29) is 18.6 Å². The lowest BCUT2D eigenvalue weighted by atomic mass is 9.96. The van der Waals surface area contributed by atoms with Crippen molar-refractivity contribution in [1.29, 1.82) is 0 Å². The van der Waals surface area contributed by atoms with Crippen LogP contribution in [0.25, 0.3) is 0 Å². The van der Waals surface area contributed by atoms with Crippen molar-refractivity contribution in [3.8, 4) is 0 Å². The van der Waals surface area contributed by atoms with Gasteiger partial charge in [-0.05, 0) is 17.9 Å². The van der Waals surface area contributed by atoms with Gasteiger partial charge in [-0.15, -0.1) is 0 Å². The highest BCUT2D eigenvalue weighted by molar-refractivity contribution is 5.78. The molecule has 116 valence electrons. The summed E-state index contributed by atoms with van der Waals surface area (Å²) >= 11 is 0. The Morgan fingerprint density at radius 3 is 2.71 bits per heavy atom. The molecule has 2 atom stereocenters. The third kappa shape index (κ3) is 4.29. The predicted octanol–water partition coefficient (Wildman–Crippen LogP) is 1.70. The quantitative estimate of drug-likeness (QED) is 0.897. The Hall–Kier alpha value is -1.39. The zero-order valence-electron chi connectivity index (χ0n) is 13.2. The van der Waals surface area contributed by atoms with Gasteiger partial charge in [-0.2, -0.15) is 0 Å². The maximum Gasteiger partial charge on any atom is 0.248 e. The number of carbonyl (C=O) groups is 1. The first kappa shape index (κ1) is 16.0. The first-order valence-electron chi connectivity index (χ1n) is 7.67. The van der Waals surface area contributed by atoms with Crippen LogP contribution in [0, 0.1) is 5.92 Å². The van der Waals surface area contributed by atoms with Crippen LogP contribution in [0.1, 0.15) is 19.4 Å². The van der Waals surface area contributed by atoms with E-state index in [1.165, 1.54) is 5.56 Å². The molecule has 0 bridgehead atoms. The van der Waals surface area contributed by atoms with E-state index in [1.807, 2.05) is 11.0 Å². The molecule has 1 aliphatic rings. The zero-order valence-corrected chi connectivity index (χ0v) is 13.2. The molecule has 1 heterocycles. The van der Waals surface area contributed by atoms with Crippen molar-refractivity contribution in [3.63, 3.8) is 0 Å². The first-order valence-corrected chi connectivity index (χ1v) is 7.67. The second-order valence-corrected chi connectivity index (χ2v) is 6.09. The Bertz CT molecular complexity index is 447. The predicted molar refractivity (Wildman–Crippen MR) is 84.2 cm³/mol. The molecule has 1 aromatic rings. The average Bonchev–Trinajstić information content (AvgIpc) is 2.48. The first-order chi connectivity index (χ1) is 10.1. The molecule has 1 fully saturated rings. The molecular weight excluding hydrogens is 264 g/mol. The van der Waals surface area contributed by atoms with Gasteiger partial charge >= 0.3 is 0 Å². The molecule has 0 radical (unpaired) electrons. The van der Waals surface area contributed by atoms with Crippen LogP contribution in [-0.4, -0.2) is 49.7 Å². The van der Waals surface area contributed by atoms with Gasteiger partial charge in [0.1, 0.15) is 6.61 Å². The minimum absolute atomic E-state index is 0.0933. The van der Waals surface area contributed by atoms with E-state index in [0.717, 1.165) is 19.5 Å². The Kier molecular flexibility index (Phi) is 5.76. The highest BCUT2D eigenvalue weighted by Crippen LogP contribution is 2.17. The summed E-state index contributed by atoms with van der Waals surface area (Å²) in [5.74, 6) is 0.534. The molecule has 0 aromatic heterocycles. The van der Waals surface area contributed by atoms with Crippen molar-refractivity contribution in [3.05, 3.63) is 35.9 Å². The van der Waals surface area contributed by atoms with E-state index in [1.54, 1.807) is 7.11 Å². The second-order valence-electron chi connectivity index (χ2n) is 6.09. The van der Waals surface area contributed by atoms with Crippen LogP contribution < -0.4 is 5.32 Å². The fraction of sp³-hybridized carbons (Fsp3) is 0.588. The number of methoxy groups -OCH3 is 1. The van der Waals surface area contributed by atoms with Gasteiger partial charge < -0.3 is 15.0 Å². The van der Waals surface area contributed by atoms with Gasteiger partial charge in [-0.1, -0.05) is 44.2 Å². The van der Waals surface area contributed by atoms with E-state index in [2.05, 4.69) is 43.4 Å². The maximum absolute atomic E-state index is 12.3. The molecule has 4 nitrogen and oxygen atoms in total. The smallest absolute Gasteiger partial charge is 0.248 e. The molecule has 1 aliphatic heterocycles. The van der Waals surface area contributed by atoms with Crippen LogP contribution in [0.3, 0.4) is 0 Å². The largest absolute Gasteiger partial charge is 0.375 e. The summed E-state index contributed by atoms with van der Waals surface area (Å²) in [4.78, 5) is 14.3. The monoisotopic (exact) mass is 290 g/mol. The van der Waals surface area contributed by atoms with Gasteiger partial charge in [-0.25, -0.2) is 0 Å². The lowest BCUT2D eigenvalue weighted by molar-refractivity contribution is -0.140. The minimum atomic E-state index is 0.0933. The van der Waals surface area contributed by atoms with Gasteiger partial charge in [0.05, 0.1) is 0 Å². The number of rotatable bonds is 5. The van der Waals surface area contributed by atoms with E-state index in [0.29, 0.717) is 12.0 Å². The number of amides is 1. The molecule has 0 aliphatic carbocycles. The highest BCUT2D eigenvalue weighted by atomic mass is 16.5. The Morgan fingerprint density at radius 1 is 1.38 bits per heavy atom. The van der Waals surface area contributed by atoms with Crippen molar-refractivity contribution in [1.82, 2.24) is 10.2 Å². The summed E-state index contributed by atoms with van der Waals surface area (Å²) in [7, 11) is 1.58. The Morgan fingerprint density at radius 2 is 2.10 bits per heavy atom. The zero-order chi connectivity index (χ0) is 15.2. The summed E-state index contributed by atoms with van der Waals surface area (Å²) in [6.45, 7) is 6.10. The van der Waals surface area contributed by atoms with Crippen LogP contribution in [0.5, 0.6) is 0 Å². The molecule has 4 heteroatoms. The average molecular weight is 290 g/mol. The number of hydrogen-bond acceptors (Lipinski definition) is 3. The molecule has 2 unspecified atom stereocenters. The maximum atomic E-state index is 12.3. The van der Waals surface area contributed by atoms with Gasteiger partial charge in [-0.3, -0.25) is 4.79 Å². The summed E-state index contributed by atoms with van der Waals surface area (Å²) in [5, 5.41) is 3.59. The summed E-state index contributed by atoms with van der Waals surface area (Å²) in [5.41, 5.74) is 1.30. The van der Waals surface area contributed by atoms with Crippen LogP contribution >= 0.6 is 0 Å². The van der Waals surface area contributed by atoms with Crippen molar-refractivity contribution >= 4 is 5.91 Å². The van der Waals surface area contributed by atoms with Crippen LogP contribution in [0.15, 0.2) is 30.3 Å². The van der Waals surface area contributed by atoms with E-state index >= 15 is 0 Å². The normalized spacial score (nSPS) is 22.6. The molecule has 1 aromatic carbocycles. The standard InChI is InChI=1S/C17H26N2O2/c1-13(2)16-10-18-15(9-14-7-5-4-6-8-14)11-19(16)17(20)12-21-3/h4-8,13,15-16,18H,9-12H2,1-3H3. The van der Waals surface area contributed by atoms with Gasteiger partial charge in [0.15, 0.2) is 0 Å². The molecule has 1 saturated heterocycles. The molecule has 0 saturated carbocycles. The lowest BCUT2D eigenvalue weighted by Crippen LogP contribution is -2.61. The topological polar surface area (TPSA) is 41.6 Å². The molecule has 21 heavy (non-hydrogen) atoms. The summed E-state index contributed by atoms with van der Waals surface area (Å²) in [6, 6.07) is 11.0. The number of carbonyl (C=O) groups excluding carboxylic acids is 1. The van der Waals surface area contributed by atoms with E-state index < -0.39 is 0 Å². The van der Waals surface area contributed by atoms with Gasteiger partial charge in [0, 0.05) is 32.3 Å². The molecule has 2 rings (SSSR count). The molecule has 1 N–H and O–H groups in total. The fourth-order valence-corrected chi connectivity index (χ4v) is 2.96. The number of piperazine rings is 1. The number of benzene rings is 1. The number of nitrogens with one attached hydrogen (secondary N) is 1. The molecule has 0 spiro atoms. The van der Waals surface area contributed by atoms with Gasteiger partial charge in [0.25, 0.3) is 0 Å². The summed E-state index contributed by atoms with van der Waals surface area (Å²) in [6.07, 6.45) is 0.947. The van der Waals surface area contributed by atoms with Crippen LogP contribution in [0.4, 0.5) is 0 Å². The third-order valence-corrected chi connectivity index (χ3v) is 4.12. The number of hydrogen-bond donors (Lipinski definition) is 1. The van der Waals surface area contributed by atoms with Crippen molar-refractivity contribution in [2.75, 3.05) is 26.8 Å². The third-order valence-electron chi connectivity index (χ3n) is 4.12. The Balaban J connectivity index is 2.02. The summed E-state index contributed by atoms with van der Waals surface area (Å²) < 4.78 is 5.03. The minimum Gasteiger partial charge on any atom is -0.375 e. The highest BCUT2D eigenvalue weighted by Gasteiger charge is 2.32. The van der Waals surface area contributed by atoms with Crippen LogP contribution in [-0.2, 0) is 16.0 Å². The van der Waals surface area contributed by atoms with Crippen molar-refractivity contribution < 1.29 is 9.53 Å². The van der Waals surface area contributed by atoms with E-state index in [4.69, 9.17) is 4.74 Å². The second kappa shape index (κ2) is 7.57. The molecule has 1 amide bonds. The fourth-order valence-electron chi connectivity index (χ4n) is 2.96. The van der Waals surface area contributed by atoms with E-state index in [9.17, 15) is 4.79 Å². The van der Waals surface area contributed by atoms with Gasteiger partial charge in [0.2, 0.25) is 5.91 Å². The van der Waals surface area contributed by atoms with Crippen LogP contribution in [0.2, 0.25) is 0 Å². The number of nitrogens with zero attached hydrogens (tertiary/aromatic N) is 1. The number of ether oxygens (including phenoxy) is 1.